The van der Waals surface area contributed by atoms with Crippen LogP contribution < -0.4 is 0 Å². The Morgan fingerprint density at radius 1 is 0.386 bits per heavy atom. The van der Waals surface area contributed by atoms with E-state index in [1.807, 2.05) is 0 Å². The first-order valence-corrected chi connectivity index (χ1v) is 23.8. The zero-order chi connectivity index (χ0) is 41.5. The van der Waals surface area contributed by atoms with Gasteiger partial charge in [-0.25, -0.2) is 0 Å². The Morgan fingerprint density at radius 3 is 1.25 bits per heavy atom. The molecule has 0 N–H and O–H groups in total. The molecule has 0 aliphatic rings. The summed E-state index contributed by atoms with van der Waals surface area (Å²) in [5, 5.41) is 0. The smallest absolute Gasteiger partial charge is 0.306 e. The number of allylic oxidation sites excluding steroid dienone is 10. The molecule has 0 aliphatic carbocycles. The van der Waals surface area contributed by atoms with Crippen LogP contribution >= 0.6 is 0 Å². The van der Waals surface area contributed by atoms with Crippen LogP contribution in [0.4, 0.5) is 0 Å². The van der Waals surface area contributed by atoms with Gasteiger partial charge in [0.05, 0.1) is 0 Å². The van der Waals surface area contributed by atoms with Crippen LogP contribution in [-0.2, 0) is 28.6 Å². The Balaban J connectivity index is 4.31. The van der Waals surface area contributed by atoms with Crippen molar-refractivity contribution in [3.8, 4) is 0 Å². The van der Waals surface area contributed by atoms with Crippen molar-refractivity contribution in [2.75, 3.05) is 13.2 Å². The van der Waals surface area contributed by atoms with Crippen molar-refractivity contribution in [3.05, 3.63) is 60.8 Å². The van der Waals surface area contributed by atoms with Crippen LogP contribution in [0.3, 0.4) is 0 Å². The predicted molar refractivity (Wildman–Crippen MR) is 242 cm³/mol. The number of ether oxygens (including phenoxy) is 3. The van der Waals surface area contributed by atoms with E-state index >= 15 is 0 Å². The van der Waals surface area contributed by atoms with Gasteiger partial charge in [0, 0.05) is 19.3 Å². The van der Waals surface area contributed by atoms with E-state index in [9.17, 15) is 14.4 Å². The zero-order valence-corrected chi connectivity index (χ0v) is 37.3. The van der Waals surface area contributed by atoms with Gasteiger partial charge in [-0.3, -0.25) is 14.4 Å². The monoisotopic (exact) mass is 797 g/mol. The van der Waals surface area contributed by atoms with Crippen LogP contribution in [0.5, 0.6) is 0 Å². The van der Waals surface area contributed by atoms with Gasteiger partial charge in [-0.15, -0.1) is 0 Å². The second kappa shape index (κ2) is 45.8. The topological polar surface area (TPSA) is 78.9 Å². The second-order valence-electron chi connectivity index (χ2n) is 15.7. The molecular weight excluding hydrogens is 709 g/mol. The van der Waals surface area contributed by atoms with E-state index in [0.717, 1.165) is 89.9 Å². The molecule has 0 fully saturated rings. The Labute approximate surface area is 351 Å². The largest absolute Gasteiger partial charge is 0.462 e. The molecular formula is C51H88O6. The second-order valence-corrected chi connectivity index (χ2v) is 15.7. The number of esters is 3. The van der Waals surface area contributed by atoms with Crippen LogP contribution in [0.1, 0.15) is 226 Å². The quantitative estimate of drug-likeness (QED) is 0.0201. The maximum Gasteiger partial charge on any atom is 0.306 e. The highest BCUT2D eigenvalue weighted by Crippen LogP contribution is 2.14. The van der Waals surface area contributed by atoms with Crippen molar-refractivity contribution in [2.45, 2.75) is 232 Å². The molecule has 0 heterocycles. The highest BCUT2D eigenvalue weighted by atomic mass is 16.6. The molecule has 0 saturated heterocycles. The van der Waals surface area contributed by atoms with Crippen LogP contribution in [0.15, 0.2) is 60.8 Å². The van der Waals surface area contributed by atoms with E-state index in [0.29, 0.717) is 19.3 Å². The van der Waals surface area contributed by atoms with Crippen LogP contribution in [0, 0.1) is 0 Å². The Kier molecular flexibility index (Phi) is 43.5. The molecule has 6 nitrogen and oxygen atoms in total. The average molecular weight is 797 g/mol. The molecule has 0 aromatic heterocycles. The molecule has 328 valence electrons. The third-order valence-electron chi connectivity index (χ3n) is 10.0. The Morgan fingerprint density at radius 2 is 0.754 bits per heavy atom. The van der Waals surface area contributed by atoms with Gasteiger partial charge >= 0.3 is 17.9 Å². The number of unbranched alkanes of at least 4 members (excludes halogenated alkanes) is 22. The first-order valence-electron chi connectivity index (χ1n) is 23.8. The van der Waals surface area contributed by atoms with E-state index in [-0.39, 0.29) is 31.1 Å². The molecule has 0 rings (SSSR count). The van der Waals surface area contributed by atoms with Crippen LogP contribution in [-0.4, -0.2) is 37.2 Å². The lowest BCUT2D eigenvalue weighted by atomic mass is 10.1. The standard InChI is InChI=1S/C51H88O6/c1-4-7-10-13-16-19-21-22-23-24-25-26-27-28-30-32-35-38-41-44-50(53)56-47-48(46-55-49(52)43-40-37-34-31-18-15-12-9-6-3)57-51(54)45-42-39-36-33-29-20-17-14-11-8-5-2/h7,10,14,16-17,19-20,22-23,29,48H,4-6,8-9,11-13,15,18,21,24-28,30-47H2,1-3H3/b10-7-,17-14-,19-16-,23-22-,29-20-. The van der Waals surface area contributed by atoms with Crippen molar-refractivity contribution in [1.82, 2.24) is 0 Å². The average Bonchev–Trinajstić information content (AvgIpc) is 3.21. The summed E-state index contributed by atoms with van der Waals surface area (Å²) in [6, 6.07) is 0. The molecule has 0 aromatic carbocycles. The van der Waals surface area contributed by atoms with E-state index in [2.05, 4.69) is 81.5 Å². The summed E-state index contributed by atoms with van der Waals surface area (Å²) in [5.41, 5.74) is 0. The molecule has 1 atom stereocenters. The fourth-order valence-corrected chi connectivity index (χ4v) is 6.43. The fourth-order valence-electron chi connectivity index (χ4n) is 6.43. The van der Waals surface area contributed by atoms with Crippen molar-refractivity contribution in [2.24, 2.45) is 0 Å². The maximum atomic E-state index is 12.7. The molecule has 1 unspecified atom stereocenters. The van der Waals surface area contributed by atoms with Crippen molar-refractivity contribution >= 4 is 17.9 Å². The highest BCUT2D eigenvalue weighted by Gasteiger charge is 2.19. The number of carbonyl (C=O) groups is 3. The normalized spacial score (nSPS) is 12.5. The van der Waals surface area contributed by atoms with Crippen molar-refractivity contribution < 1.29 is 28.6 Å². The minimum atomic E-state index is -0.785. The fraction of sp³-hybridized carbons (Fsp3) is 0.745. The molecule has 0 amide bonds. The van der Waals surface area contributed by atoms with Gasteiger partial charge in [0.15, 0.2) is 6.10 Å². The van der Waals surface area contributed by atoms with Crippen LogP contribution in [0.25, 0.3) is 0 Å². The molecule has 0 aromatic rings. The molecule has 0 aliphatic heterocycles. The maximum absolute atomic E-state index is 12.7. The summed E-state index contributed by atoms with van der Waals surface area (Å²) < 4.78 is 16.7. The van der Waals surface area contributed by atoms with Crippen molar-refractivity contribution in [1.29, 1.82) is 0 Å². The molecule has 6 heteroatoms. The minimum Gasteiger partial charge on any atom is -0.462 e. The molecule has 0 spiro atoms. The summed E-state index contributed by atoms with van der Waals surface area (Å²) in [4.78, 5) is 37.7. The third-order valence-corrected chi connectivity index (χ3v) is 10.0. The molecule has 0 radical (unpaired) electrons. The number of hydrogen-bond acceptors (Lipinski definition) is 6. The number of rotatable bonds is 42. The third kappa shape index (κ3) is 44.1. The lowest BCUT2D eigenvalue weighted by Gasteiger charge is -2.18. The van der Waals surface area contributed by atoms with Gasteiger partial charge < -0.3 is 14.2 Å². The first-order chi connectivity index (χ1) is 28.0. The van der Waals surface area contributed by atoms with Gasteiger partial charge in [-0.1, -0.05) is 197 Å². The van der Waals surface area contributed by atoms with Crippen LogP contribution in [0.2, 0.25) is 0 Å². The van der Waals surface area contributed by atoms with Gasteiger partial charge in [-0.2, -0.15) is 0 Å². The lowest BCUT2D eigenvalue weighted by Crippen LogP contribution is -2.30. The summed E-state index contributed by atoms with van der Waals surface area (Å²) in [6.45, 7) is 6.42. The first kappa shape index (κ1) is 54.1. The minimum absolute atomic E-state index is 0.0857. The van der Waals surface area contributed by atoms with E-state index in [1.54, 1.807) is 0 Å². The Bertz CT molecular complexity index is 1050. The summed E-state index contributed by atoms with van der Waals surface area (Å²) in [6.07, 6.45) is 55.0. The molecule has 0 bridgehead atoms. The molecule has 57 heavy (non-hydrogen) atoms. The molecule has 0 saturated carbocycles. The summed E-state index contributed by atoms with van der Waals surface area (Å²) in [5.74, 6) is -0.924. The Hall–Kier alpha value is -2.89. The zero-order valence-electron chi connectivity index (χ0n) is 37.3. The predicted octanol–water partition coefficient (Wildman–Crippen LogP) is 15.3. The van der Waals surface area contributed by atoms with Gasteiger partial charge in [0.25, 0.3) is 0 Å². The number of carbonyl (C=O) groups excluding carboxylic acids is 3. The lowest BCUT2D eigenvalue weighted by molar-refractivity contribution is -0.167. The highest BCUT2D eigenvalue weighted by molar-refractivity contribution is 5.71. The number of hydrogen-bond donors (Lipinski definition) is 0. The van der Waals surface area contributed by atoms with Gasteiger partial charge in [0.2, 0.25) is 0 Å². The van der Waals surface area contributed by atoms with E-state index in [4.69, 9.17) is 14.2 Å². The van der Waals surface area contributed by atoms with Gasteiger partial charge in [-0.05, 0) is 70.6 Å². The SMILES string of the molecule is CC/C=C\C/C=C\C/C=C\CCCCCCCCCCCC(=O)OCC(COC(=O)CCCCCCCCCCC)OC(=O)CCCCC/C=C\C=C/CCCC. The van der Waals surface area contributed by atoms with Gasteiger partial charge in [0.1, 0.15) is 13.2 Å². The van der Waals surface area contributed by atoms with E-state index < -0.39 is 6.10 Å². The summed E-state index contributed by atoms with van der Waals surface area (Å²) in [7, 11) is 0. The van der Waals surface area contributed by atoms with E-state index in [1.165, 1.54) is 96.3 Å². The summed E-state index contributed by atoms with van der Waals surface area (Å²) >= 11 is 0. The van der Waals surface area contributed by atoms with Crippen molar-refractivity contribution in [3.63, 3.8) is 0 Å².